The lowest BCUT2D eigenvalue weighted by Gasteiger charge is -2.31. The van der Waals surface area contributed by atoms with Crippen molar-refractivity contribution in [2.45, 2.75) is 37.8 Å². The minimum atomic E-state index is -0.281. The molecule has 2 fully saturated rings. The first-order valence-corrected chi connectivity index (χ1v) is 8.01. The fourth-order valence-electron chi connectivity index (χ4n) is 3.31. The van der Waals surface area contributed by atoms with Crippen LogP contribution in [-0.2, 0) is 16.0 Å². The number of aryl methyl sites for hydroxylation is 1. The summed E-state index contributed by atoms with van der Waals surface area (Å²) in [6, 6.07) is 10.9. The van der Waals surface area contributed by atoms with E-state index in [-0.39, 0.29) is 24.4 Å². The Morgan fingerprint density at radius 2 is 2.14 bits per heavy atom. The molecular weight excluding hydrogens is 300 g/mol. The molecule has 0 bridgehead atoms. The lowest BCUT2D eigenvalue weighted by atomic mass is 10.0. The average Bonchev–Trinajstić information content (AvgIpc) is 3.02. The van der Waals surface area contributed by atoms with Crippen LogP contribution in [0.5, 0.6) is 0 Å². The summed E-state index contributed by atoms with van der Waals surface area (Å²) < 4.78 is 5.61. The molecule has 1 aromatic carbocycles. The van der Waals surface area contributed by atoms with Gasteiger partial charge < -0.3 is 15.0 Å². The van der Waals surface area contributed by atoms with Gasteiger partial charge in [0.1, 0.15) is 6.10 Å². The molecule has 122 valence electrons. The molecule has 2 aliphatic rings. The first-order valence-electron chi connectivity index (χ1n) is 8.01. The zero-order valence-corrected chi connectivity index (χ0v) is 13.7. The third kappa shape index (κ3) is 4.22. The molecule has 2 atom stereocenters. The maximum absolute atomic E-state index is 12.6. The quantitative estimate of drug-likeness (QED) is 0.921. The normalized spacial score (nSPS) is 24.8. The molecular formula is C17H25ClN2O2. The number of carbonyl (C=O) groups excluding carboxylic acids is 1. The van der Waals surface area contributed by atoms with Crippen molar-refractivity contribution in [3.05, 3.63) is 35.9 Å². The van der Waals surface area contributed by atoms with Crippen molar-refractivity contribution in [1.82, 2.24) is 10.2 Å². The number of hydrogen-bond acceptors (Lipinski definition) is 3. The van der Waals surface area contributed by atoms with Gasteiger partial charge in [-0.05, 0) is 31.2 Å². The largest absolute Gasteiger partial charge is 0.366 e. The maximum atomic E-state index is 12.6. The van der Waals surface area contributed by atoms with Gasteiger partial charge in [0.05, 0.1) is 6.61 Å². The highest BCUT2D eigenvalue weighted by Crippen LogP contribution is 2.23. The topological polar surface area (TPSA) is 41.6 Å². The van der Waals surface area contributed by atoms with Gasteiger partial charge >= 0.3 is 0 Å². The zero-order valence-electron chi connectivity index (χ0n) is 12.9. The van der Waals surface area contributed by atoms with Crippen molar-refractivity contribution in [2.75, 3.05) is 26.2 Å². The van der Waals surface area contributed by atoms with Crippen molar-refractivity contribution >= 4 is 18.3 Å². The Labute approximate surface area is 138 Å². The van der Waals surface area contributed by atoms with Crippen LogP contribution in [0.2, 0.25) is 0 Å². The molecule has 2 aliphatic heterocycles. The SMILES string of the molecule is Cl.O=C(C1CNCCO1)N1CCCC1CCc1ccccc1. The number of amides is 1. The molecule has 0 aliphatic carbocycles. The molecule has 0 spiro atoms. The molecule has 4 nitrogen and oxygen atoms in total. The highest BCUT2D eigenvalue weighted by molar-refractivity contribution is 5.85. The second-order valence-corrected chi connectivity index (χ2v) is 5.92. The summed E-state index contributed by atoms with van der Waals surface area (Å²) in [6.45, 7) is 3.03. The lowest BCUT2D eigenvalue weighted by Crippen LogP contribution is -2.50. The Balaban J connectivity index is 0.00000176. The van der Waals surface area contributed by atoms with Crippen LogP contribution in [0.1, 0.15) is 24.8 Å². The van der Waals surface area contributed by atoms with Gasteiger partial charge in [-0.3, -0.25) is 4.79 Å². The van der Waals surface area contributed by atoms with Crippen LogP contribution in [0.25, 0.3) is 0 Å². The van der Waals surface area contributed by atoms with Crippen LogP contribution in [-0.4, -0.2) is 49.2 Å². The zero-order chi connectivity index (χ0) is 14.5. The molecule has 5 heteroatoms. The summed E-state index contributed by atoms with van der Waals surface area (Å²) in [7, 11) is 0. The number of benzene rings is 1. The van der Waals surface area contributed by atoms with Crippen LogP contribution in [0.3, 0.4) is 0 Å². The van der Waals surface area contributed by atoms with Crippen LogP contribution >= 0.6 is 12.4 Å². The lowest BCUT2D eigenvalue weighted by molar-refractivity contribution is -0.146. The van der Waals surface area contributed by atoms with E-state index in [0.29, 0.717) is 19.2 Å². The maximum Gasteiger partial charge on any atom is 0.253 e. The third-order valence-corrected chi connectivity index (χ3v) is 4.47. The fraction of sp³-hybridized carbons (Fsp3) is 0.588. The predicted octanol–water partition coefficient (Wildman–Crippen LogP) is 2.02. The van der Waals surface area contributed by atoms with E-state index < -0.39 is 0 Å². The van der Waals surface area contributed by atoms with Gasteiger partial charge in [0.15, 0.2) is 0 Å². The number of nitrogens with zero attached hydrogens (tertiary/aromatic N) is 1. The second kappa shape index (κ2) is 8.51. The Kier molecular flexibility index (Phi) is 6.68. The van der Waals surface area contributed by atoms with E-state index in [0.717, 1.165) is 38.8 Å². The van der Waals surface area contributed by atoms with Crippen molar-refractivity contribution in [2.24, 2.45) is 0 Å². The number of nitrogens with one attached hydrogen (secondary N) is 1. The van der Waals surface area contributed by atoms with Crippen LogP contribution < -0.4 is 5.32 Å². The Bertz CT molecular complexity index is 463. The fourth-order valence-corrected chi connectivity index (χ4v) is 3.31. The molecule has 1 amide bonds. The number of hydrogen-bond donors (Lipinski definition) is 1. The summed E-state index contributed by atoms with van der Waals surface area (Å²) >= 11 is 0. The van der Waals surface area contributed by atoms with Gasteiger partial charge in [-0.25, -0.2) is 0 Å². The standard InChI is InChI=1S/C17H24N2O2.ClH/c20-17(16-13-18-10-12-21-16)19-11-4-7-15(19)9-8-14-5-2-1-3-6-14;/h1-3,5-6,15-16,18H,4,7-13H2;1H. The average molecular weight is 325 g/mol. The first-order chi connectivity index (χ1) is 10.3. The van der Waals surface area contributed by atoms with Crippen LogP contribution in [0.15, 0.2) is 30.3 Å². The van der Waals surface area contributed by atoms with Crippen molar-refractivity contribution in [3.63, 3.8) is 0 Å². The van der Waals surface area contributed by atoms with E-state index in [2.05, 4.69) is 34.5 Å². The summed E-state index contributed by atoms with van der Waals surface area (Å²) in [5.74, 6) is 0.178. The van der Waals surface area contributed by atoms with E-state index in [1.165, 1.54) is 5.56 Å². The molecule has 2 saturated heterocycles. The van der Waals surface area contributed by atoms with Gasteiger partial charge in [-0.15, -0.1) is 12.4 Å². The minimum absolute atomic E-state index is 0. The molecule has 3 rings (SSSR count). The Morgan fingerprint density at radius 3 is 2.86 bits per heavy atom. The van der Waals surface area contributed by atoms with Gasteiger partial charge in [0, 0.05) is 25.7 Å². The summed E-state index contributed by atoms with van der Waals surface area (Å²) in [4.78, 5) is 14.6. The number of rotatable bonds is 4. The van der Waals surface area contributed by atoms with E-state index in [9.17, 15) is 4.79 Å². The van der Waals surface area contributed by atoms with Gasteiger partial charge in [-0.2, -0.15) is 0 Å². The first kappa shape index (κ1) is 17.3. The predicted molar refractivity (Wildman–Crippen MR) is 89.4 cm³/mol. The highest BCUT2D eigenvalue weighted by Gasteiger charge is 2.33. The smallest absolute Gasteiger partial charge is 0.253 e. The van der Waals surface area contributed by atoms with Crippen molar-refractivity contribution < 1.29 is 9.53 Å². The minimum Gasteiger partial charge on any atom is -0.366 e. The molecule has 1 N–H and O–H groups in total. The molecule has 0 aromatic heterocycles. The number of carbonyl (C=O) groups is 1. The molecule has 1 aromatic rings. The molecule has 2 heterocycles. The number of ether oxygens (including phenoxy) is 1. The summed E-state index contributed by atoms with van der Waals surface area (Å²) in [6.07, 6.45) is 4.05. The number of morpholine rings is 1. The Hall–Kier alpha value is -1.10. The molecule has 0 radical (unpaired) electrons. The van der Waals surface area contributed by atoms with E-state index in [1.807, 2.05) is 6.07 Å². The summed E-state index contributed by atoms with van der Waals surface area (Å²) in [5, 5.41) is 3.24. The van der Waals surface area contributed by atoms with Crippen LogP contribution in [0, 0.1) is 0 Å². The third-order valence-electron chi connectivity index (χ3n) is 4.47. The van der Waals surface area contributed by atoms with Gasteiger partial charge in [0.25, 0.3) is 5.91 Å². The second-order valence-electron chi connectivity index (χ2n) is 5.92. The number of halogens is 1. The van der Waals surface area contributed by atoms with E-state index >= 15 is 0 Å². The Morgan fingerprint density at radius 1 is 1.32 bits per heavy atom. The van der Waals surface area contributed by atoms with Gasteiger partial charge in [0.2, 0.25) is 0 Å². The molecule has 22 heavy (non-hydrogen) atoms. The van der Waals surface area contributed by atoms with E-state index in [1.54, 1.807) is 0 Å². The van der Waals surface area contributed by atoms with Crippen molar-refractivity contribution in [1.29, 1.82) is 0 Å². The summed E-state index contributed by atoms with van der Waals surface area (Å²) in [5.41, 5.74) is 1.35. The van der Waals surface area contributed by atoms with Gasteiger partial charge in [-0.1, -0.05) is 30.3 Å². The molecule has 2 unspecified atom stereocenters. The van der Waals surface area contributed by atoms with Crippen LogP contribution in [0.4, 0.5) is 0 Å². The highest BCUT2D eigenvalue weighted by atomic mass is 35.5. The number of likely N-dealkylation sites (tertiary alicyclic amines) is 1. The van der Waals surface area contributed by atoms with Crippen molar-refractivity contribution in [3.8, 4) is 0 Å². The monoisotopic (exact) mass is 324 g/mol. The molecule has 0 saturated carbocycles. The van der Waals surface area contributed by atoms with E-state index in [4.69, 9.17) is 4.74 Å².